The van der Waals surface area contributed by atoms with Crippen LogP contribution in [0.1, 0.15) is 23.0 Å². The number of halogens is 1. The van der Waals surface area contributed by atoms with E-state index in [2.05, 4.69) is 15.4 Å². The lowest BCUT2D eigenvalue weighted by molar-refractivity contribution is 0.0520. The van der Waals surface area contributed by atoms with E-state index in [0.29, 0.717) is 5.69 Å². The van der Waals surface area contributed by atoms with Crippen molar-refractivity contribution in [3.05, 3.63) is 59.5 Å². The van der Waals surface area contributed by atoms with Gasteiger partial charge in [-0.05, 0) is 42.7 Å². The molecule has 3 rings (SSSR count). The van der Waals surface area contributed by atoms with Crippen molar-refractivity contribution in [2.24, 2.45) is 0 Å². The highest BCUT2D eigenvalue weighted by atomic mass is 19.1. The number of aromatic amines is 1. The molecule has 1 heterocycles. The second-order valence-corrected chi connectivity index (χ2v) is 5.28. The van der Waals surface area contributed by atoms with E-state index in [1.165, 1.54) is 12.1 Å². The summed E-state index contributed by atoms with van der Waals surface area (Å²) in [5.74, 6) is -0.769. The van der Waals surface area contributed by atoms with E-state index < -0.39 is 5.97 Å². The first-order valence-electron chi connectivity index (χ1n) is 7.55. The van der Waals surface area contributed by atoms with Crippen LogP contribution in [0.4, 0.5) is 4.39 Å². The fraction of sp³-hybridized carbons (Fsp3) is 0.167. The van der Waals surface area contributed by atoms with Crippen LogP contribution in [-0.4, -0.2) is 28.0 Å². The maximum absolute atomic E-state index is 13.2. The van der Waals surface area contributed by atoms with Gasteiger partial charge in [-0.1, -0.05) is 30.3 Å². The first-order chi connectivity index (χ1) is 11.6. The molecule has 122 valence electrons. The van der Waals surface area contributed by atoms with Crippen molar-refractivity contribution >= 4 is 5.97 Å². The maximum Gasteiger partial charge on any atom is 0.361 e. The smallest absolute Gasteiger partial charge is 0.361 e. The number of H-pyrrole nitrogens is 1. The van der Waals surface area contributed by atoms with Gasteiger partial charge in [0.25, 0.3) is 0 Å². The average Bonchev–Trinajstić information content (AvgIpc) is 3.05. The number of esters is 1. The topological polar surface area (TPSA) is 67.9 Å². The average molecular weight is 325 g/mol. The molecule has 2 aromatic carbocycles. The summed E-state index contributed by atoms with van der Waals surface area (Å²) in [5.41, 5.74) is 4.11. The Morgan fingerprint density at radius 2 is 1.83 bits per heavy atom. The Labute approximate surface area is 138 Å². The molecule has 0 fully saturated rings. The van der Waals surface area contributed by atoms with Gasteiger partial charge in [0.05, 0.1) is 6.61 Å². The minimum absolute atomic E-state index is 0.155. The van der Waals surface area contributed by atoms with Crippen molar-refractivity contribution in [1.82, 2.24) is 15.4 Å². The zero-order valence-electron chi connectivity index (χ0n) is 13.3. The van der Waals surface area contributed by atoms with Crippen LogP contribution in [0, 0.1) is 12.7 Å². The van der Waals surface area contributed by atoms with E-state index in [9.17, 15) is 9.18 Å². The molecule has 6 heteroatoms. The molecule has 0 aliphatic rings. The molecule has 1 N–H and O–H groups in total. The zero-order chi connectivity index (χ0) is 17.1. The van der Waals surface area contributed by atoms with Crippen molar-refractivity contribution < 1.29 is 13.9 Å². The molecule has 0 unspecified atom stereocenters. The van der Waals surface area contributed by atoms with Gasteiger partial charge < -0.3 is 4.74 Å². The lowest BCUT2D eigenvalue weighted by atomic mass is 9.98. The summed E-state index contributed by atoms with van der Waals surface area (Å²) in [6.45, 7) is 3.87. The standard InChI is InChI=1S/C18H16FN3O2/c1-3-24-18(23)17-16(20-22-21-17)13-6-4-12(5-7-13)15-9-8-14(19)10-11(15)2/h4-10H,3H2,1-2H3,(H,20,21,22). The van der Waals surface area contributed by atoms with Gasteiger partial charge in [-0.15, -0.1) is 5.10 Å². The summed E-state index contributed by atoms with van der Waals surface area (Å²) >= 11 is 0. The third-order valence-corrected chi connectivity index (χ3v) is 3.67. The van der Waals surface area contributed by atoms with Crippen molar-refractivity contribution in [1.29, 1.82) is 0 Å². The molecule has 0 saturated carbocycles. The zero-order valence-corrected chi connectivity index (χ0v) is 13.3. The number of nitrogens with zero attached hydrogens (tertiary/aromatic N) is 2. The Hall–Kier alpha value is -3.02. The van der Waals surface area contributed by atoms with Gasteiger partial charge >= 0.3 is 5.97 Å². The maximum atomic E-state index is 13.2. The van der Waals surface area contributed by atoms with E-state index in [1.54, 1.807) is 13.0 Å². The first kappa shape index (κ1) is 15.9. The SMILES string of the molecule is CCOC(=O)c1n[nH]nc1-c1ccc(-c2ccc(F)cc2C)cc1. The van der Waals surface area contributed by atoms with Crippen LogP contribution in [0.3, 0.4) is 0 Å². The Balaban J connectivity index is 1.93. The number of hydrogen-bond acceptors (Lipinski definition) is 4. The molecular formula is C18H16FN3O2. The molecule has 0 saturated heterocycles. The van der Waals surface area contributed by atoms with Crippen molar-refractivity contribution in [2.75, 3.05) is 6.61 Å². The number of nitrogens with one attached hydrogen (secondary N) is 1. The van der Waals surface area contributed by atoms with E-state index in [4.69, 9.17) is 4.74 Å². The molecular weight excluding hydrogens is 309 g/mol. The molecule has 0 spiro atoms. The van der Waals surface area contributed by atoms with Crippen molar-refractivity contribution in [3.63, 3.8) is 0 Å². The lowest BCUT2D eigenvalue weighted by Crippen LogP contribution is -2.06. The Kier molecular flexibility index (Phi) is 4.37. The number of ether oxygens (including phenoxy) is 1. The van der Waals surface area contributed by atoms with Crippen LogP contribution in [0.15, 0.2) is 42.5 Å². The third kappa shape index (κ3) is 3.03. The Bertz CT molecular complexity index is 872. The summed E-state index contributed by atoms with van der Waals surface area (Å²) in [5, 5.41) is 10.4. The predicted octanol–water partition coefficient (Wildman–Crippen LogP) is 3.76. The minimum atomic E-state index is -0.514. The number of aryl methyl sites for hydroxylation is 1. The molecule has 1 aromatic heterocycles. The summed E-state index contributed by atoms with van der Waals surface area (Å²) in [4.78, 5) is 11.9. The molecule has 0 bridgehead atoms. The van der Waals surface area contributed by atoms with Crippen molar-refractivity contribution in [3.8, 4) is 22.4 Å². The van der Waals surface area contributed by atoms with E-state index >= 15 is 0 Å². The third-order valence-electron chi connectivity index (χ3n) is 3.67. The number of rotatable bonds is 4. The van der Waals surface area contributed by atoms with Crippen LogP contribution < -0.4 is 0 Å². The number of carbonyl (C=O) groups excluding carboxylic acids is 1. The van der Waals surface area contributed by atoms with Crippen LogP contribution in [0.25, 0.3) is 22.4 Å². The molecule has 0 aliphatic heterocycles. The van der Waals surface area contributed by atoms with Gasteiger partial charge in [0, 0.05) is 5.56 Å². The largest absolute Gasteiger partial charge is 0.461 e. The summed E-state index contributed by atoms with van der Waals surface area (Å²) in [7, 11) is 0. The highest BCUT2D eigenvalue weighted by Crippen LogP contribution is 2.27. The first-order valence-corrected chi connectivity index (χ1v) is 7.55. The van der Waals surface area contributed by atoms with Gasteiger partial charge in [0.15, 0.2) is 5.69 Å². The number of carbonyl (C=O) groups is 1. The van der Waals surface area contributed by atoms with Crippen LogP contribution in [0.5, 0.6) is 0 Å². The Morgan fingerprint density at radius 3 is 2.50 bits per heavy atom. The summed E-state index contributed by atoms with van der Waals surface area (Å²) in [6, 6.07) is 12.2. The minimum Gasteiger partial charge on any atom is -0.461 e. The van der Waals surface area contributed by atoms with Gasteiger partial charge in [-0.2, -0.15) is 10.3 Å². The number of hydrogen-bond donors (Lipinski definition) is 1. The van der Waals surface area contributed by atoms with Crippen LogP contribution in [0.2, 0.25) is 0 Å². The van der Waals surface area contributed by atoms with Crippen LogP contribution >= 0.6 is 0 Å². The predicted molar refractivity (Wildman–Crippen MR) is 87.9 cm³/mol. The van der Waals surface area contributed by atoms with E-state index in [-0.39, 0.29) is 18.1 Å². The highest BCUT2D eigenvalue weighted by Gasteiger charge is 2.19. The highest BCUT2D eigenvalue weighted by molar-refractivity contribution is 5.94. The Morgan fingerprint density at radius 1 is 1.12 bits per heavy atom. The molecule has 3 aromatic rings. The van der Waals surface area contributed by atoms with Gasteiger partial charge in [0.2, 0.25) is 0 Å². The second-order valence-electron chi connectivity index (χ2n) is 5.28. The van der Waals surface area contributed by atoms with Crippen LogP contribution in [-0.2, 0) is 4.74 Å². The monoisotopic (exact) mass is 325 g/mol. The van der Waals surface area contributed by atoms with Gasteiger partial charge in [-0.25, -0.2) is 9.18 Å². The molecule has 5 nitrogen and oxygen atoms in total. The normalized spacial score (nSPS) is 10.6. The summed E-state index contributed by atoms with van der Waals surface area (Å²) < 4.78 is 18.2. The summed E-state index contributed by atoms with van der Waals surface area (Å²) in [6.07, 6.45) is 0. The van der Waals surface area contributed by atoms with Gasteiger partial charge in [0.1, 0.15) is 11.5 Å². The fourth-order valence-electron chi connectivity index (χ4n) is 2.53. The second kappa shape index (κ2) is 6.62. The molecule has 0 aliphatic carbocycles. The van der Waals surface area contributed by atoms with E-state index in [1.807, 2.05) is 31.2 Å². The van der Waals surface area contributed by atoms with Crippen molar-refractivity contribution in [2.45, 2.75) is 13.8 Å². The quantitative estimate of drug-likeness (QED) is 0.742. The lowest BCUT2D eigenvalue weighted by Gasteiger charge is -2.07. The molecule has 0 amide bonds. The van der Waals surface area contributed by atoms with Gasteiger partial charge in [-0.3, -0.25) is 0 Å². The molecule has 0 radical (unpaired) electrons. The fourth-order valence-corrected chi connectivity index (χ4v) is 2.53. The number of benzene rings is 2. The molecule has 0 atom stereocenters. The van der Waals surface area contributed by atoms with E-state index in [0.717, 1.165) is 22.3 Å². The number of aromatic nitrogens is 3. The molecule has 24 heavy (non-hydrogen) atoms.